The van der Waals surface area contributed by atoms with Crippen LogP contribution in [-0.4, -0.2) is 70.8 Å². The largest absolute Gasteiger partial charge is 0.465 e. The van der Waals surface area contributed by atoms with E-state index in [1.165, 1.54) is 0 Å². The number of aliphatic hydroxyl groups excluding tert-OH is 1. The maximum Gasteiger partial charge on any atom is 0.312 e. The van der Waals surface area contributed by atoms with Gasteiger partial charge in [0, 0.05) is 12.2 Å². The van der Waals surface area contributed by atoms with Crippen molar-refractivity contribution in [3.8, 4) is 0 Å². The summed E-state index contributed by atoms with van der Waals surface area (Å²) in [6.07, 6.45) is 7.99. The second-order valence-electron chi connectivity index (χ2n) is 13.0. The maximum absolute atomic E-state index is 15.0. The quantitative estimate of drug-likeness (QED) is 0.169. The third kappa shape index (κ3) is 5.68. The molecule has 3 saturated heterocycles. The lowest BCUT2D eigenvalue weighted by atomic mass is 9.65. The molecule has 0 saturated carbocycles. The van der Waals surface area contributed by atoms with Gasteiger partial charge in [0.25, 0.3) is 5.91 Å². The smallest absolute Gasteiger partial charge is 0.312 e. The molecule has 0 aromatic heterocycles. The van der Waals surface area contributed by atoms with E-state index in [9.17, 15) is 19.5 Å². The van der Waals surface area contributed by atoms with Crippen molar-refractivity contribution in [1.29, 1.82) is 0 Å². The monoisotopic (exact) mass is 594 g/mol. The van der Waals surface area contributed by atoms with Gasteiger partial charge in [-0.25, -0.2) is 0 Å². The summed E-state index contributed by atoms with van der Waals surface area (Å²) in [7, 11) is 0. The van der Waals surface area contributed by atoms with Crippen LogP contribution in [0.4, 0.5) is 5.69 Å². The molecule has 1 aromatic carbocycles. The molecule has 2 bridgehead atoms. The first-order valence-corrected chi connectivity index (χ1v) is 15.9. The van der Waals surface area contributed by atoms with Crippen molar-refractivity contribution in [2.45, 2.75) is 103 Å². The van der Waals surface area contributed by atoms with Crippen molar-refractivity contribution in [2.24, 2.45) is 17.8 Å². The van der Waals surface area contributed by atoms with Gasteiger partial charge >= 0.3 is 5.97 Å². The van der Waals surface area contributed by atoms with Gasteiger partial charge in [-0.2, -0.15) is 0 Å². The first-order chi connectivity index (χ1) is 20.5. The molecule has 0 radical (unpaired) electrons. The minimum Gasteiger partial charge on any atom is -0.465 e. The molecule has 8 nitrogen and oxygen atoms in total. The number of benzene rings is 1. The number of aryl methyl sites for hydroxylation is 2. The zero-order valence-electron chi connectivity index (χ0n) is 26.6. The number of carbonyl (C=O) groups is 3. The van der Waals surface area contributed by atoms with Crippen LogP contribution < -0.4 is 4.90 Å². The Balaban J connectivity index is 1.82. The van der Waals surface area contributed by atoms with Gasteiger partial charge in [-0.1, -0.05) is 51.1 Å². The van der Waals surface area contributed by atoms with Crippen molar-refractivity contribution >= 4 is 23.5 Å². The van der Waals surface area contributed by atoms with Crippen LogP contribution in [0.3, 0.4) is 0 Å². The number of allylic oxidation sites excluding steroid dienone is 1. The summed E-state index contributed by atoms with van der Waals surface area (Å²) in [5, 5.41) is 10.6. The molecule has 2 amide bonds. The zero-order valence-corrected chi connectivity index (χ0v) is 26.6. The van der Waals surface area contributed by atoms with Gasteiger partial charge in [0.05, 0.1) is 30.8 Å². The van der Waals surface area contributed by atoms with Crippen LogP contribution in [0.25, 0.3) is 0 Å². The van der Waals surface area contributed by atoms with Crippen LogP contribution in [0, 0.1) is 31.6 Å². The molecular formula is C35H50N2O6. The Morgan fingerprint density at radius 1 is 1.19 bits per heavy atom. The number of hydrogen-bond donors (Lipinski definition) is 1. The molecule has 1 aromatic rings. The lowest BCUT2D eigenvalue weighted by Crippen LogP contribution is -2.59. The van der Waals surface area contributed by atoms with E-state index in [0.29, 0.717) is 32.1 Å². The molecule has 3 fully saturated rings. The molecule has 4 rings (SSSR count). The van der Waals surface area contributed by atoms with Gasteiger partial charge in [-0.05, 0) is 75.8 Å². The number of anilines is 1. The Bertz CT molecular complexity index is 1210. The van der Waals surface area contributed by atoms with E-state index in [0.717, 1.165) is 29.7 Å². The van der Waals surface area contributed by atoms with E-state index in [-0.39, 0.29) is 37.5 Å². The average Bonchev–Trinajstić information content (AvgIpc) is 3.58. The average molecular weight is 595 g/mol. The van der Waals surface area contributed by atoms with Gasteiger partial charge in [0.15, 0.2) is 0 Å². The third-order valence-electron chi connectivity index (χ3n) is 9.79. The second kappa shape index (κ2) is 13.3. The number of likely N-dealkylation sites (tertiary alicyclic amines) is 1. The van der Waals surface area contributed by atoms with E-state index in [1.807, 2.05) is 58.9 Å². The fourth-order valence-electron chi connectivity index (χ4n) is 7.96. The van der Waals surface area contributed by atoms with E-state index in [2.05, 4.69) is 13.2 Å². The van der Waals surface area contributed by atoms with E-state index in [1.54, 1.807) is 15.9 Å². The van der Waals surface area contributed by atoms with Crippen molar-refractivity contribution < 1.29 is 29.0 Å². The highest BCUT2D eigenvalue weighted by atomic mass is 16.6. The van der Waals surface area contributed by atoms with Crippen LogP contribution in [0.1, 0.15) is 76.8 Å². The van der Waals surface area contributed by atoms with Crippen LogP contribution in [0.15, 0.2) is 43.5 Å². The summed E-state index contributed by atoms with van der Waals surface area (Å²) >= 11 is 0. The number of ether oxygens (including phenoxy) is 2. The van der Waals surface area contributed by atoms with Gasteiger partial charge < -0.3 is 24.4 Å². The predicted molar refractivity (Wildman–Crippen MR) is 167 cm³/mol. The van der Waals surface area contributed by atoms with E-state index in [4.69, 9.17) is 9.47 Å². The summed E-state index contributed by atoms with van der Waals surface area (Å²) < 4.78 is 12.7. The highest BCUT2D eigenvalue weighted by Crippen LogP contribution is 2.65. The fraction of sp³-hybridized carbons (Fsp3) is 0.629. The van der Waals surface area contributed by atoms with Gasteiger partial charge in [-0.3, -0.25) is 14.4 Å². The summed E-state index contributed by atoms with van der Waals surface area (Å²) in [5.74, 6) is -2.53. The topological polar surface area (TPSA) is 96.4 Å². The van der Waals surface area contributed by atoms with Crippen molar-refractivity contribution in [3.05, 3.63) is 54.6 Å². The van der Waals surface area contributed by atoms with Gasteiger partial charge in [0.2, 0.25) is 5.91 Å². The van der Waals surface area contributed by atoms with Gasteiger partial charge in [-0.15, -0.1) is 13.2 Å². The predicted octanol–water partition coefficient (Wildman–Crippen LogP) is 5.28. The first kappa shape index (κ1) is 32.9. The Kier molecular flexibility index (Phi) is 10.2. The number of carbonyl (C=O) groups excluding carboxylic acids is 3. The van der Waals surface area contributed by atoms with Crippen LogP contribution in [-0.2, 0) is 23.9 Å². The SMILES string of the molecule is C=CCCCCOC(=O)[C@@H]1[C@H]2C(=O)N([C@@H](CO)CC(C)C)C(C(=O)N(CC=C)c3c(C)cccc3C)C23CC[C@@]1(CC)O3. The molecule has 2 unspecified atom stereocenters. The highest BCUT2D eigenvalue weighted by molar-refractivity contribution is 6.05. The molecule has 3 aliphatic rings. The lowest BCUT2D eigenvalue weighted by Gasteiger charge is -2.40. The molecule has 8 heteroatoms. The number of fused-ring (bicyclic) bond motifs is 1. The van der Waals surface area contributed by atoms with Crippen molar-refractivity contribution in [3.63, 3.8) is 0 Å². The molecule has 6 atom stereocenters. The van der Waals surface area contributed by atoms with Crippen LogP contribution >= 0.6 is 0 Å². The number of aliphatic hydroxyl groups is 1. The molecule has 3 heterocycles. The van der Waals surface area contributed by atoms with Gasteiger partial charge in [0.1, 0.15) is 17.6 Å². The normalized spacial score (nSPS) is 28.2. The van der Waals surface area contributed by atoms with Crippen LogP contribution in [0.5, 0.6) is 0 Å². The number of nitrogens with zero attached hydrogens (tertiary/aromatic N) is 2. The Morgan fingerprint density at radius 3 is 2.47 bits per heavy atom. The van der Waals surface area contributed by atoms with E-state index >= 15 is 0 Å². The third-order valence-corrected chi connectivity index (χ3v) is 9.79. The molecule has 1 N–H and O–H groups in total. The number of hydrogen-bond acceptors (Lipinski definition) is 6. The summed E-state index contributed by atoms with van der Waals surface area (Å²) in [6, 6.07) is 4.28. The fourth-order valence-corrected chi connectivity index (χ4v) is 7.96. The standard InChI is InChI=1S/C35H50N2O6/c1-8-11-12-13-20-42-33(41)28-27-31(39)37(26(22-38)21-23(4)5)30(35(27)18-17-34(28,10-3)43-35)32(40)36(19-9-2)29-24(6)15-14-16-25(29)7/h8-9,14-16,23,26-28,30,38H,1-2,10-13,17-22H2,3-7H3/t26-,27+,28+,30?,34-,35?/m1/s1. The number of esters is 1. The molecular weight excluding hydrogens is 544 g/mol. The molecule has 0 aliphatic carbocycles. The molecule has 1 spiro atoms. The summed E-state index contributed by atoms with van der Waals surface area (Å²) in [6.45, 7) is 17.8. The zero-order chi connectivity index (χ0) is 31.5. The van der Waals surface area contributed by atoms with Crippen LogP contribution in [0.2, 0.25) is 0 Å². The van der Waals surface area contributed by atoms with Crippen molar-refractivity contribution in [2.75, 3.05) is 24.7 Å². The highest BCUT2D eigenvalue weighted by Gasteiger charge is 2.79. The first-order valence-electron chi connectivity index (χ1n) is 15.9. The van der Waals surface area contributed by atoms with Crippen molar-refractivity contribution in [1.82, 2.24) is 4.90 Å². The number of para-hydroxylation sites is 1. The minimum absolute atomic E-state index is 0.164. The summed E-state index contributed by atoms with van der Waals surface area (Å²) in [5.41, 5.74) is 0.563. The molecule has 43 heavy (non-hydrogen) atoms. The maximum atomic E-state index is 15.0. The Labute approximate surface area is 257 Å². The summed E-state index contributed by atoms with van der Waals surface area (Å²) in [4.78, 5) is 46.7. The molecule has 236 valence electrons. The number of rotatable bonds is 15. The lowest BCUT2D eigenvalue weighted by molar-refractivity contribution is -0.162. The molecule has 3 aliphatic heterocycles. The van der Waals surface area contributed by atoms with E-state index < -0.39 is 41.1 Å². The number of unbranched alkanes of at least 4 members (excludes halogenated alkanes) is 2. The Morgan fingerprint density at radius 2 is 1.88 bits per heavy atom. The second-order valence-corrected chi connectivity index (χ2v) is 13.0. The number of amides is 2. The minimum atomic E-state index is -1.20. The Hall–Kier alpha value is -2.97.